The second-order valence-electron chi connectivity index (χ2n) is 5.45. The molecule has 3 heteroatoms. The summed E-state index contributed by atoms with van der Waals surface area (Å²) in [6.07, 6.45) is 1.29. The van der Waals surface area contributed by atoms with Gasteiger partial charge in [-0.2, -0.15) is 0 Å². The molecule has 0 spiro atoms. The molecule has 1 aliphatic carbocycles. The number of benzene rings is 1. The fraction of sp³-hybridized carbons (Fsp3) is 0.353. The predicted molar refractivity (Wildman–Crippen MR) is 77.8 cm³/mol. The lowest BCUT2D eigenvalue weighted by atomic mass is 9.97. The van der Waals surface area contributed by atoms with Crippen LogP contribution in [0.1, 0.15) is 28.6 Å². The van der Waals surface area contributed by atoms with E-state index >= 15 is 0 Å². The maximum Gasteiger partial charge on any atom is 0.122 e. The van der Waals surface area contributed by atoms with Gasteiger partial charge in [0.2, 0.25) is 0 Å². The number of hydrogen-bond acceptors (Lipinski definition) is 3. The van der Waals surface area contributed by atoms with E-state index in [0.29, 0.717) is 0 Å². The number of aromatic nitrogens is 1. The maximum atomic E-state index is 10.4. The number of aryl methyl sites for hydroxylation is 1. The van der Waals surface area contributed by atoms with Crippen molar-refractivity contribution in [3.05, 3.63) is 58.9 Å². The van der Waals surface area contributed by atoms with Gasteiger partial charge in [-0.1, -0.05) is 24.3 Å². The molecule has 0 bridgehead atoms. The zero-order valence-electron chi connectivity index (χ0n) is 11.8. The van der Waals surface area contributed by atoms with Gasteiger partial charge in [0.15, 0.2) is 0 Å². The van der Waals surface area contributed by atoms with Crippen LogP contribution in [0, 0.1) is 12.8 Å². The monoisotopic (exact) mass is 269 g/mol. The number of aliphatic hydroxyl groups is 1. The Morgan fingerprint density at radius 1 is 1.30 bits per heavy atom. The van der Waals surface area contributed by atoms with E-state index in [4.69, 9.17) is 4.74 Å². The molecule has 20 heavy (non-hydrogen) atoms. The zero-order chi connectivity index (χ0) is 14.1. The third-order valence-electron chi connectivity index (χ3n) is 3.99. The Morgan fingerprint density at radius 2 is 2.10 bits per heavy atom. The molecular formula is C17H19NO2. The summed E-state index contributed by atoms with van der Waals surface area (Å²) in [4.78, 5) is 4.55. The second kappa shape index (κ2) is 5.25. The number of methoxy groups -OCH3 is 1. The topological polar surface area (TPSA) is 42.4 Å². The molecule has 104 valence electrons. The van der Waals surface area contributed by atoms with E-state index in [-0.39, 0.29) is 12.0 Å². The molecule has 0 radical (unpaired) electrons. The highest BCUT2D eigenvalue weighted by atomic mass is 16.5. The van der Waals surface area contributed by atoms with E-state index in [2.05, 4.69) is 11.1 Å². The molecule has 0 saturated heterocycles. The standard InChI is InChI=1S/C17H19NO2/c1-11-7-15(20-2)10-14(18-11)9-13-8-12-5-3-4-6-16(12)17(13)19/h3-7,10,13,17,19H,8-9H2,1-2H3. The quantitative estimate of drug-likeness (QED) is 0.931. The molecule has 0 amide bonds. The van der Waals surface area contributed by atoms with Crippen LogP contribution in [0.4, 0.5) is 0 Å². The summed E-state index contributed by atoms with van der Waals surface area (Å²) in [5, 5.41) is 10.4. The number of rotatable bonds is 3. The third-order valence-corrected chi connectivity index (χ3v) is 3.99. The van der Waals surface area contributed by atoms with Crippen molar-refractivity contribution in [2.45, 2.75) is 25.9 Å². The van der Waals surface area contributed by atoms with Gasteiger partial charge in [-0.25, -0.2) is 0 Å². The zero-order valence-corrected chi connectivity index (χ0v) is 11.8. The van der Waals surface area contributed by atoms with Crippen molar-refractivity contribution in [1.29, 1.82) is 0 Å². The number of pyridine rings is 1. The minimum Gasteiger partial charge on any atom is -0.497 e. The first-order valence-corrected chi connectivity index (χ1v) is 6.95. The van der Waals surface area contributed by atoms with Gasteiger partial charge in [0.1, 0.15) is 5.75 Å². The van der Waals surface area contributed by atoms with Gasteiger partial charge >= 0.3 is 0 Å². The highest BCUT2D eigenvalue weighted by molar-refractivity contribution is 5.35. The fourth-order valence-electron chi connectivity index (χ4n) is 3.03. The normalized spacial score (nSPS) is 20.8. The van der Waals surface area contributed by atoms with Crippen LogP contribution in [-0.4, -0.2) is 17.2 Å². The minimum atomic E-state index is -0.389. The van der Waals surface area contributed by atoms with Crippen LogP contribution in [-0.2, 0) is 12.8 Å². The van der Waals surface area contributed by atoms with Crippen LogP contribution in [0.3, 0.4) is 0 Å². The Morgan fingerprint density at radius 3 is 2.85 bits per heavy atom. The van der Waals surface area contributed by atoms with Crippen molar-refractivity contribution < 1.29 is 9.84 Å². The molecule has 1 aliphatic rings. The van der Waals surface area contributed by atoms with Crippen LogP contribution < -0.4 is 4.74 Å². The van der Waals surface area contributed by atoms with Crippen LogP contribution in [0.15, 0.2) is 36.4 Å². The summed E-state index contributed by atoms with van der Waals surface area (Å²) < 4.78 is 5.29. The largest absolute Gasteiger partial charge is 0.497 e. The summed E-state index contributed by atoms with van der Waals surface area (Å²) >= 11 is 0. The van der Waals surface area contributed by atoms with Gasteiger partial charge in [0, 0.05) is 23.5 Å². The average molecular weight is 269 g/mol. The van der Waals surface area contributed by atoms with Crippen LogP contribution in [0.2, 0.25) is 0 Å². The highest BCUT2D eigenvalue weighted by Gasteiger charge is 2.30. The van der Waals surface area contributed by atoms with Crippen molar-refractivity contribution >= 4 is 0 Å². The average Bonchev–Trinajstić information content (AvgIpc) is 2.75. The number of hydrogen-bond donors (Lipinski definition) is 1. The van der Waals surface area contributed by atoms with E-state index in [1.54, 1.807) is 7.11 Å². The van der Waals surface area contributed by atoms with Crippen molar-refractivity contribution in [2.75, 3.05) is 7.11 Å². The third kappa shape index (κ3) is 2.41. The molecule has 0 saturated carbocycles. The Hall–Kier alpha value is -1.87. The van der Waals surface area contributed by atoms with Gasteiger partial charge in [-0.3, -0.25) is 4.98 Å². The fourth-order valence-corrected chi connectivity index (χ4v) is 3.03. The molecule has 2 atom stereocenters. The van der Waals surface area contributed by atoms with Crippen LogP contribution in [0.25, 0.3) is 0 Å². The molecule has 0 fully saturated rings. The Labute approximate surface area is 119 Å². The van der Waals surface area contributed by atoms with Crippen LogP contribution in [0.5, 0.6) is 5.75 Å². The maximum absolute atomic E-state index is 10.4. The SMILES string of the molecule is COc1cc(C)nc(CC2Cc3ccccc3C2O)c1. The molecule has 1 heterocycles. The van der Waals surface area contributed by atoms with Crippen molar-refractivity contribution in [2.24, 2.45) is 5.92 Å². The first-order valence-electron chi connectivity index (χ1n) is 6.95. The molecule has 0 aliphatic heterocycles. The molecular weight excluding hydrogens is 250 g/mol. The lowest BCUT2D eigenvalue weighted by molar-refractivity contribution is 0.122. The van der Waals surface area contributed by atoms with Gasteiger partial charge in [0.05, 0.1) is 13.2 Å². The van der Waals surface area contributed by atoms with E-state index in [1.165, 1.54) is 5.56 Å². The Balaban J connectivity index is 1.82. The van der Waals surface area contributed by atoms with E-state index < -0.39 is 0 Å². The molecule has 3 rings (SSSR count). The summed E-state index contributed by atoms with van der Waals surface area (Å²) in [5.74, 6) is 1.03. The highest BCUT2D eigenvalue weighted by Crippen LogP contribution is 2.37. The molecule has 1 aromatic carbocycles. The van der Waals surface area contributed by atoms with Gasteiger partial charge in [-0.05, 0) is 36.8 Å². The van der Waals surface area contributed by atoms with Gasteiger partial charge < -0.3 is 9.84 Å². The van der Waals surface area contributed by atoms with Gasteiger partial charge in [0.25, 0.3) is 0 Å². The predicted octanol–water partition coefficient (Wildman–Crippen LogP) is 2.85. The molecule has 1 N–H and O–H groups in total. The molecule has 3 nitrogen and oxygen atoms in total. The number of nitrogens with zero attached hydrogens (tertiary/aromatic N) is 1. The number of aliphatic hydroxyl groups excluding tert-OH is 1. The Bertz CT molecular complexity index is 624. The van der Waals surface area contributed by atoms with Crippen molar-refractivity contribution in [1.82, 2.24) is 4.98 Å². The Kier molecular flexibility index (Phi) is 3.45. The number of ether oxygens (including phenoxy) is 1. The second-order valence-corrected chi connectivity index (χ2v) is 5.45. The summed E-state index contributed by atoms with van der Waals surface area (Å²) in [5.41, 5.74) is 4.25. The molecule has 2 aromatic rings. The first-order chi connectivity index (χ1) is 9.67. The van der Waals surface area contributed by atoms with E-state index in [9.17, 15) is 5.11 Å². The lowest BCUT2D eigenvalue weighted by Crippen LogP contribution is -2.12. The molecule has 2 unspecified atom stereocenters. The molecule has 1 aromatic heterocycles. The summed E-state index contributed by atoms with van der Waals surface area (Å²) in [6.45, 7) is 1.96. The van der Waals surface area contributed by atoms with Crippen molar-refractivity contribution in [3.63, 3.8) is 0 Å². The minimum absolute atomic E-state index is 0.200. The van der Waals surface area contributed by atoms with Crippen LogP contribution >= 0.6 is 0 Å². The summed E-state index contributed by atoms with van der Waals surface area (Å²) in [7, 11) is 1.67. The van der Waals surface area contributed by atoms with E-state index in [0.717, 1.165) is 35.5 Å². The smallest absolute Gasteiger partial charge is 0.122 e. The van der Waals surface area contributed by atoms with Crippen molar-refractivity contribution in [3.8, 4) is 5.75 Å². The van der Waals surface area contributed by atoms with Gasteiger partial charge in [-0.15, -0.1) is 0 Å². The first kappa shape index (κ1) is 13.1. The lowest BCUT2D eigenvalue weighted by Gasteiger charge is -2.15. The van der Waals surface area contributed by atoms with E-state index in [1.807, 2.05) is 37.3 Å². The number of fused-ring (bicyclic) bond motifs is 1. The summed E-state index contributed by atoms with van der Waals surface area (Å²) in [6, 6.07) is 12.0.